The molecule has 7 heteroatoms. The highest BCUT2D eigenvalue weighted by atomic mass is 32.2. The Bertz CT molecular complexity index is 1330. The molecule has 1 N–H and O–H groups in total. The Kier molecular flexibility index (Phi) is 4.47. The molecule has 4 aromatic rings. The molecule has 5 rings (SSSR count). The molecule has 0 saturated heterocycles. The monoisotopic (exact) mass is 418 g/mol. The maximum atomic E-state index is 12.6. The van der Waals surface area contributed by atoms with Gasteiger partial charge in [-0.15, -0.1) is 0 Å². The lowest BCUT2D eigenvalue weighted by molar-refractivity contribution is 0.571. The number of hydrogen-bond donors (Lipinski definition) is 1. The van der Waals surface area contributed by atoms with Crippen molar-refractivity contribution in [2.75, 3.05) is 16.2 Å². The minimum Gasteiger partial charge on any atom is -0.362 e. The zero-order valence-corrected chi connectivity index (χ0v) is 17.4. The summed E-state index contributed by atoms with van der Waals surface area (Å²) < 4.78 is 30.2. The van der Waals surface area contributed by atoms with Crippen LogP contribution in [0.25, 0.3) is 11.0 Å². The molecule has 0 amide bonds. The lowest BCUT2D eigenvalue weighted by Crippen LogP contribution is -2.33. The van der Waals surface area contributed by atoms with Crippen LogP contribution >= 0.6 is 0 Å². The summed E-state index contributed by atoms with van der Waals surface area (Å²) in [5.41, 5.74) is 4.73. The minimum atomic E-state index is -3.61. The van der Waals surface area contributed by atoms with E-state index in [9.17, 15) is 8.42 Å². The number of anilines is 2. The van der Waals surface area contributed by atoms with Crippen molar-refractivity contribution in [3.63, 3.8) is 0 Å². The molecule has 0 unspecified atom stereocenters. The first kappa shape index (κ1) is 18.7. The van der Waals surface area contributed by atoms with Gasteiger partial charge < -0.3 is 9.47 Å². The number of aromatic nitrogens is 2. The van der Waals surface area contributed by atoms with E-state index in [1.54, 1.807) is 30.3 Å². The van der Waals surface area contributed by atoms with E-state index in [1.165, 1.54) is 5.52 Å². The molecule has 6 nitrogen and oxygen atoms in total. The second kappa shape index (κ2) is 7.18. The van der Waals surface area contributed by atoms with Gasteiger partial charge in [-0.05, 0) is 55.0 Å². The summed E-state index contributed by atoms with van der Waals surface area (Å²) in [6.07, 6.45) is 0. The summed E-state index contributed by atoms with van der Waals surface area (Å²) in [6, 6.07) is 22.5. The molecule has 3 aromatic carbocycles. The number of fused-ring (bicyclic) bond motifs is 3. The molecule has 0 bridgehead atoms. The summed E-state index contributed by atoms with van der Waals surface area (Å²) in [7, 11) is -3.61. The highest BCUT2D eigenvalue weighted by Crippen LogP contribution is 2.28. The SMILES string of the molecule is Cc1cc(N2CCn3c(nc4ccccc43)C2)ccc1NS(=O)(=O)c1ccccc1. The molecular formula is C23H22N4O2S. The smallest absolute Gasteiger partial charge is 0.261 e. The fourth-order valence-corrected chi connectivity index (χ4v) is 5.10. The van der Waals surface area contributed by atoms with E-state index in [0.29, 0.717) is 5.69 Å². The Morgan fingerprint density at radius 3 is 2.50 bits per heavy atom. The van der Waals surface area contributed by atoms with Crippen LogP contribution in [0.1, 0.15) is 11.4 Å². The van der Waals surface area contributed by atoms with E-state index in [-0.39, 0.29) is 4.90 Å². The number of aryl methyl sites for hydroxylation is 1. The van der Waals surface area contributed by atoms with Gasteiger partial charge in [0, 0.05) is 18.8 Å². The number of sulfonamides is 1. The van der Waals surface area contributed by atoms with Crippen LogP contribution in [0.4, 0.5) is 11.4 Å². The molecule has 2 heterocycles. The Hall–Kier alpha value is -3.32. The Morgan fingerprint density at radius 1 is 0.933 bits per heavy atom. The molecule has 0 fully saturated rings. The molecule has 1 aliphatic rings. The third-order valence-corrected chi connectivity index (χ3v) is 6.91. The van der Waals surface area contributed by atoms with E-state index in [2.05, 4.69) is 20.3 Å². The van der Waals surface area contributed by atoms with Gasteiger partial charge in [-0.3, -0.25) is 4.72 Å². The van der Waals surface area contributed by atoms with Crippen molar-refractivity contribution >= 4 is 32.4 Å². The molecule has 1 aliphatic heterocycles. The maximum Gasteiger partial charge on any atom is 0.261 e. The fraction of sp³-hybridized carbons (Fsp3) is 0.174. The molecule has 0 aliphatic carbocycles. The number of nitrogens with zero attached hydrogens (tertiary/aromatic N) is 3. The molecular weight excluding hydrogens is 396 g/mol. The van der Waals surface area contributed by atoms with Crippen LogP contribution < -0.4 is 9.62 Å². The van der Waals surface area contributed by atoms with Gasteiger partial charge in [0.1, 0.15) is 5.82 Å². The zero-order valence-electron chi connectivity index (χ0n) is 16.6. The predicted octanol–water partition coefficient (Wildman–Crippen LogP) is 4.17. The quantitative estimate of drug-likeness (QED) is 0.540. The van der Waals surface area contributed by atoms with E-state index >= 15 is 0 Å². The lowest BCUT2D eigenvalue weighted by Gasteiger charge is -2.30. The van der Waals surface area contributed by atoms with Crippen LogP contribution in [0.3, 0.4) is 0 Å². The summed E-state index contributed by atoms with van der Waals surface area (Å²) in [4.78, 5) is 7.32. The number of imidazole rings is 1. The van der Waals surface area contributed by atoms with Crippen molar-refractivity contribution in [2.45, 2.75) is 24.9 Å². The third-order valence-electron chi connectivity index (χ3n) is 5.53. The van der Waals surface area contributed by atoms with Crippen LogP contribution in [-0.2, 0) is 23.1 Å². The first-order valence-corrected chi connectivity index (χ1v) is 11.4. The van der Waals surface area contributed by atoms with Gasteiger partial charge in [0.15, 0.2) is 0 Å². The van der Waals surface area contributed by atoms with Gasteiger partial charge in [0.05, 0.1) is 28.2 Å². The molecule has 30 heavy (non-hydrogen) atoms. The molecule has 1 aromatic heterocycles. The van der Waals surface area contributed by atoms with E-state index in [1.807, 2.05) is 43.3 Å². The van der Waals surface area contributed by atoms with Crippen LogP contribution in [0.15, 0.2) is 77.7 Å². The Balaban J connectivity index is 1.39. The van der Waals surface area contributed by atoms with Crippen LogP contribution in [0, 0.1) is 6.92 Å². The molecule has 0 saturated carbocycles. The summed E-state index contributed by atoms with van der Waals surface area (Å²) >= 11 is 0. The van der Waals surface area contributed by atoms with Crippen molar-refractivity contribution in [1.82, 2.24) is 9.55 Å². The topological polar surface area (TPSA) is 67.2 Å². The minimum absolute atomic E-state index is 0.253. The first-order chi connectivity index (χ1) is 14.5. The van der Waals surface area contributed by atoms with Gasteiger partial charge in [-0.25, -0.2) is 13.4 Å². The van der Waals surface area contributed by atoms with Crippen molar-refractivity contribution in [3.8, 4) is 0 Å². The highest BCUT2D eigenvalue weighted by molar-refractivity contribution is 7.92. The van der Waals surface area contributed by atoms with Gasteiger partial charge in [-0.1, -0.05) is 30.3 Å². The number of rotatable bonds is 4. The van der Waals surface area contributed by atoms with Crippen molar-refractivity contribution in [1.29, 1.82) is 0 Å². The highest BCUT2D eigenvalue weighted by Gasteiger charge is 2.21. The molecule has 0 spiro atoms. The third kappa shape index (κ3) is 3.31. The van der Waals surface area contributed by atoms with E-state index in [0.717, 1.165) is 42.2 Å². The average Bonchev–Trinajstić information content (AvgIpc) is 3.13. The van der Waals surface area contributed by atoms with Crippen molar-refractivity contribution in [3.05, 3.63) is 84.2 Å². The van der Waals surface area contributed by atoms with E-state index < -0.39 is 10.0 Å². The van der Waals surface area contributed by atoms with Gasteiger partial charge in [0.25, 0.3) is 10.0 Å². The predicted molar refractivity (Wildman–Crippen MR) is 119 cm³/mol. The number of nitrogens with one attached hydrogen (secondary N) is 1. The largest absolute Gasteiger partial charge is 0.362 e. The first-order valence-electron chi connectivity index (χ1n) is 9.89. The Morgan fingerprint density at radius 2 is 1.70 bits per heavy atom. The molecule has 0 atom stereocenters. The summed E-state index contributed by atoms with van der Waals surface area (Å²) in [5.74, 6) is 1.05. The number of benzene rings is 3. The normalized spacial score (nSPS) is 14.0. The standard InChI is InChI=1S/C23H22N4O2S/c1-17-15-18(11-12-20(17)25-30(28,29)19-7-3-2-4-8-19)26-13-14-27-22-10-6-5-9-21(22)24-23(27)16-26/h2-12,15,25H,13-14,16H2,1H3. The zero-order chi connectivity index (χ0) is 20.7. The fourth-order valence-electron chi connectivity index (χ4n) is 3.95. The van der Waals surface area contributed by atoms with Crippen LogP contribution in [0.2, 0.25) is 0 Å². The van der Waals surface area contributed by atoms with E-state index in [4.69, 9.17) is 4.98 Å². The maximum absolute atomic E-state index is 12.6. The van der Waals surface area contributed by atoms with Crippen molar-refractivity contribution in [2.24, 2.45) is 0 Å². The van der Waals surface area contributed by atoms with Gasteiger partial charge in [-0.2, -0.15) is 0 Å². The second-order valence-electron chi connectivity index (χ2n) is 7.51. The summed E-state index contributed by atoms with van der Waals surface area (Å²) in [5, 5.41) is 0. The second-order valence-corrected chi connectivity index (χ2v) is 9.19. The van der Waals surface area contributed by atoms with Crippen molar-refractivity contribution < 1.29 is 8.42 Å². The van der Waals surface area contributed by atoms with Gasteiger partial charge >= 0.3 is 0 Å². The summed E-state index contributed by atoms with van der Waals surface area (Å²) in [6.45, 7) is 4.40. The number of hydrogen-bond acceptors (Lipinski definition) is 4. The molecule has 152 valence electrons. The van der Waals surface area contributed by atoms with Crippen LogP contribution in [0.5, 0.6) is 0 Å². The van der Waals surface area contributed by atoms with Crippen LogP contribution in [-0.4, -0.2) is 24.5 Å². The Labute approximate surface area is 175 Å². The van der Waals surface area contributed by atoms with Gasteiger partial charge in [0.2, 0.25) is 0 Å². The number of para-hydroxylation sites is 2. The molecule has 0 radical (unpaired) electrons. The average molecular weight is 419 g/mol. The lowest BCUT2D eigenvalue weighted by atomic mass is 10.1.